The molecule has 1 fully saturated rings. The number of nitrogens with one attached hydrogen (secondary N) is 1. The summed E-state index contributed by atoms with van der Waals surface area (Å²) >= 11 is 0. The maximum absolute atomic E-state index is 12.7. The van der Waals surface area contributed by atoms with Crippen LogP contribution in [0.15, 0.2) is 24.5 Å². The van der Waals surface area contributed by atoms with E-state index in [0.717, 1.165) is 11.1 Å². The molecule has 2 aliphatic rings. The van der Waals surface area contributed by atoms with Gasteiger partial charge >= 0.3 is 7.12 Å². The largest absolute Gasteiger partial charge is 0.492 e. The first kappa shape index (κ1) is 21.5. The lowest BCUT2D eigenvalue weighted by molar-refractivity contribution is 0.0530. The van der Waals surface area contributed by atoms with Crippen LogP contribution < -0.4 is 15.5 Å². The number of aromatic nitrogens is 2. The van der Waals surface area contributed by atoms with Crippen molar-refractivity contribution in [1.29, 1.82) is 0 Å². The van der Waals surface area contributed by atoms with Gasteiger partial charge in [0.15, 0.2) is 0 Å². The number of amides is 1. The number of fused-ring (bicyclic) bond motifs is 1. The van der Waals surface area contributed by atoms with Crippen molar-refractivity contribution in [3.05, 3.63) is 41.3 Å². The van der Waals surface area contributed by atoms with E-state index in [1.54, 1.807) is 11.0 Å². The van der Waals surface area contributed by atoms with Crippen molar-refractivity contribution in [2.24, 2.45) is 0 Å². The van der Waals surface area contributed by atoms with Crippen LogP contribution in [-0.4, -0.2) is 70.3 Å². The normalized spacial score (nSPS) is 18.2. The molecular weight excluding hydrogens is 398 g/mol. The molecule has 9 nitrogen and oxygen atoms in total. The second-order valence-electron chi connectivity index (χ2n) is 6.81. The van der Waals surface area contributed by atoms with Crippen LogP contribution in [0.3, 0.4) is 0 Å². The average molecular weight is 421 g/mol. The Bertz CT molecular complexity index is 885. The van der Waals surface area contributed by atoms with Gasteiger partial charge in [-0.2, -0.15) is 0 Å². The minimum atomic E-state index is -0.955. The molecular formula is C18H22BClN4O5. The summed E-state index contributed by atoms with van der Waals surface area (Å²) in [5.74, 6) is 0.514. The third-order valence-electron chi connectivity index (χ3n) is 5.08. The van der Waals surface area contributed by atoms with Crippen LogP contribution in [0.5, 0.6) is 11.6 Å². The fraction of sp³-hybridized carbons (Fsp3) is 0.389. The lowest BCUT2D eigenvalue weighted by Gasteiger charge is -2.34. The first-order chi connectivity index (χ1) is 13.6. The molecule has 1 amide bonds. The average Bonchev–Trinajstić information content (AvgIpc) is 3.11. The molecule has 0 unspecified atom stereocenters. The van der Waals surface area contributed by atoms with Gasteiger partial charge in [-0.05, 0) is 29.6 Å². The van der Waals surface area contributed by atoms with E-state index >= 15 is 0 Å². The molecule has 3 heterocycles. The molecule has 154 valence electrons. The predicted molar refractivity (Wildman–Crippen MR) is 108 cm³/mol. The summed E-state index contributed by atoms with van der Waals surface area (Å²) in [4.78, 5) is 22.6. The minimum Gasteiger partial charge on any atom is -0.437 e. The molecule has 2 aromatic rings. The quantitative estimate of drug-likeness (QED) is 0.573. The second kappa shape index (κ2) is 9.06. The number of hydrogen-bond donors (Lipinski definition) is 3. The highest BCUT2D eigenvalue weighted by Crippen LogP contribution is 2.25. The smallest absolute Gasteiger partial charge is 0.437 e. The molecule has 0 radical (unpaired) electrons. The molecule has 1 saturated heterocycles. The summed E-state index contributed by atoms with van der Waals surface area (Å²) < 4.78 is 11.0. The van der Waals surface area contributed by atoms with E-state index in [1.165, 1.54) is 12.4 Å². The third-order valence-corrected chi connectivity index (χ3v) is 5.08. The molecule has 1 aromatic carbocycles. The van der Waals surface area contributed by atoms with Crippen LogP contribution in [0.4, 0.5) is 0 Å². The summed E-state index contributed by atoms with van der Waals surface area (Å²) in [5, 5.41) is 22.6. The molecule has 0 saturated carbocycles. The molecule has 1 aromatic heterocycles. The van der Waals surface area contributed by atoms with Crippen LogP contribution in [0.25, 0.3) is 0 Å². The Hall–Kier alpha value is -2.24. The summed E-state index contributed by atoms with van der Waals surface area (Å²) in [6, 6.07) is 3.36. The molecule has 11 heteroatoms. The van der Waals surface area contributed by atoms with Crippen molar-refractivity contribution in [1.82, 2.24) is 20.2 Å². The SMILES string of the molecule is Cc1c(Oc2cnc(C(=O)N3CCNC[C@H]3CO)cn2)ccc2c1B(O)OC2.Cl. The summed E-state index contributed by atoms with van der Waals surface area (Å²) in [7, 11) is -0.955. The Balaban J connectivity index is 0.00000240. The molecule has 0 aliphatic carbocycles. The van der Waals surface area contributed by atoms with Crippen LogP contribution in [0.1, 0.15) is 21.6 Å². The van der Waals surface area contributed by atoms with E-state index in [2.05, 4.69) is 15.3 Å². The van der Waals surface area contributed by atoms with Gasteiger partial charge in [-0.25, -0.2) is 9.97 Å². The fourth-order valence-electron chi connectivity index (χ4n) is 3.53. The van der Waals surface area contributed by atoms with Crippen LogP contribution >= 0.6 is 12.4 Å². The van der Waals surface area contributed by atoms with Gasteiger partial charge in [-0.3, -0.25) is 4.79 Å². The number of nitrogens with zero attached hydrogens (tertiary/aromatic N) is 3. The Morgan fingerprint density at radius 2 is 2.24 bits per heavy atom. The topological polar surface area (TPSA) is 117 Å². The molecule has 3 N–H and O–H groups in total. The van der Waals surface area contributed by atoms with Crippen molar-refractivity contribution >= 4 is 30.9 Å². The maximum atomic E-state index is 12.7. The van der Waals surface area contributed by atoms with Crippen molar-refractivity contribution < 1.29 is 24.3 Å². The van der Waals surface area contributed by atoms with Gasteiger partial charge in [0.2, 0.25) is 5.88 Å². The Kier molecular flexibility index (Phi) is 6.71. The maximum Gasteiger partial charge on any atom is 0.492 e. The molecule has 0 bridgehead atoms. The number of piperazine rings is 1. The van der Waals surface area contributed by atoms with E-state index in [-0.39, 0.29) is 42.5 Å². The second-order valence-corrected chi connectivity index (χ2v) is 6.81. The number of carbonyl (C=O) groups excluding carboxylic acids is 1. The Morgan fingerprint density at radius 1 is 1.41 bits per heavy atom. The van der Waals surface area contributed by atoms with Gasteiger partial charge in [-0.1, -0.05) is 6.07 Å². The monoisotopic (exact) mass is 420 g/mol. The number of hydrogen-bond acceptors (Lipinski definition) is 8. The molecule has 0 spiro atoms. The van der Waals surface area contributed by atoms with Crippen molar-refractivity contribution in [2.45, 2.75) is 19.6 Å². The molecule has 29 heavy (non-hydrogen) atoms. The Morgan fingerprint density at radius 3 is 2.97 bits per heavy atom. The highest BCUT2D eigenvalue weighted by atomic mass is 35.5. The lowest BCUT2D eigenvalue weighted by atomic mass is 9.76. The number of carbonyl (C=O) groups is 1. The van der Waals surface area contributed by atoms with Gasteiger partial charge in [0.05, 0.1) is 31.6 Å². The van der Waals surface area contributed by atoms with E-state index in [0.29, 0.717) is 37.5 Å². The third kappa shape index (κ3) is 4.21. The first-order valence-electron chi connectivity index (χ1n) is 9.13. The zero-order chi connectivity index (χ0) is 19.7. The fourth-order valence-corrected chi connectivity index (χ4v) is 3.53. The van der Waals surface area contributed by atoms with Crippen LogP contribution in [-0.2, 0) is 11.3 Å². The minimum absolute atomic E-state index is 0. The summed E-state index contributed by atoms with van der Waals surface area (Å²) in [5.41, 5.74) is 2.61. The Labute approximate surface area is 174 Å². The van der Waals surface area contributed by atoms with Crippen molar-refractivity contribution in [3.8, 4) is 11.6 Å². The van der Waals surface area contributed by atoms with Gasteiger partial charge in [0.1, 0.15) is 11.4 Å². The number of halogens is 1. The van der Waals surface area contributed by atoms with Gasteiger partial charge in [0, 0.05) is 19.6 Å². The highest BCUT2D eigenvalue weighted by Gasteiger charge is 2.31. The van der Waals surface area contributed by atoms with Gasteiger partial charge in [-0.15, -0.1) is 12.4 Å². The van der Waals surface area contributed by atoms with Crippen LogP contribution in [0.2, 0.25) is 0 Å². The molecule has 4 rings (SSSR count). The van der Waals surface area contributed by atoms with Gasteiger partial charge < -0.3 is 29.7 Å². The van der Waals surface area contributed by atoms with Crippen molar-refractivity contribution in [3.63, 3.8) is 0 Å². The van der Waals surface area contributed by atoms with Crippen LogP contribution in [0, 0.1) is 6.92 Å². The van der Waals surface area contributed by atoms with E-state index in [1.807, 2.05) is 13.0 Å². The highest BCUT2D eigenvalue weighted by molar-refractivity contribution is 6.62. The summed E-state index contributed by atoms with van der Waals surface area (Å²) in [6.07, 6.45) is 2.76. The zero-order valence-electron chi connectivity index (χ0n) is 15.9. The molecule has 1 atom stereocenters. The van der Waals surface area contributed by atoms with E-state index < -0.39 is 7.12 Å². The predicted octanol–water partition coefficient (Wildman–Crippen LogP) is -0.377. The lowest BCUT2D eigenvalue weighted by Crippen LogP contribution is -2.55. The van der Waals surface area contributed by atoms with Gasteiger partial charge in [0.25, 0.3) is 5.91 Å². The number of aliphatic hydroxyl groups is 1. The van der Waals surface area contributed by atoms with E-state index in [9.17, 15) is 14.9 Å². The first-order valence-corrected chi connectivity index (χ1v) is 9.13. The molecule has 2 aliphatic heterocycles. The summed E-state index contributed by atoms with van der Waals surface area (Å²) in [6.45, 7) is 3.82. The number of rotatable bonds is 4. The number of aliphatic hydroxyl groups excluding tert-OH is 1. The number of ether oxygens (including phenoxy) is 1. The zero-order valence-corrected chi connectivity index (χ0v) is 16.7. The number of benzene rings is 1. The van der Waals surface area contributed by atoms with Crippen molar-refractivity contribution in [2.75, 3.05) is 26.2 Å². The van der Waals surface area contributed by atoms with E-state index in [4.69, 9.17) is 9.39 Å². The standard InChI is InChI=1S/C18H21BN4O5.ClH/c1-11-15(3-2-12-10-27-19(26)17(11)12)28-16-8-21-14(7-22-16)18(25)23-5-4-20-6-13(23)9-24;/h2-3,7-8,13,20,24,26H,4-6,9-10H2,1H3;1H/t13-;/m0./s1.